The fourth-order valence-electron chi connectivity index (χ4n) is 2.34. The fourth-order valence-corrected chi connectivity index (χ4v) is 2.34. The smallest absolute Gasteiger partial charge is 0.0702 e. The molecule has 2 N–H and O–H groups in total. The van der Waals surface area contributed by atoms with Crippen molar-refractivity contribution in [3.63, 3.8) is 0 Å². The highest BCUT2D eigenvalue weighted by Crippen LogP contribution is 2.25. The van der Waals surface area contributed by atoms with Crippen LogP contribution in [0, 0.1) is 5.41 Å². The van der Waals surface area contributed by atoms with Crippen molar-refractivity contribution in [2.24, 2.45) is 11.1 Å². The van der Waals surface area contributed by atoms with Gasteiger partial charge >= 0.3 is 0 Å². The largest absolute Gasteiger partial charge is 0.377 e. The highest BCUT2D eigenvalue weighted by molar-refractivity contribution is 4.85. The summed E-state index contributed by atoms with van der Waals surface area (Å²) < 4.78 is 5.60. The number of nitrogens with zero attached hydrogens (tertiary/aromatic N) is 1. The molecule has 0 amide bonds. The van der Waals surface area contributed by atoms with E-state index in [-0.39, 0.29) is 5.41 Å². The van der Waals surface area contributed by atoms with Gasteiger partial charge in [0, 0.05) is 19.2 Å². The summed E-state index contributed by atoms with van der Waals surface area (Å²) in [6.07, 6.45) is 2.66. The van der Waals surface area contributed by atoms with Crippen molar-refractivity contribution >= 4 is 0 Å². The molecule has 1 heterocycles. The van der Waals surface area contributed by atoms with Gasteiger partial charge in [0.1, 0.15) is 0 Å². The maximum atomic E-state index is 5.84. The van der Waals surface area contributed by atoms with Crippen LogP contribution < -0.4 is 5.73 Å². The summed E-state index contributed by atoms with van der Waals surface area (Å²) in [6, 6.07) is 0.572. The molecule has 0 saturated carbocycles. The third-order valence-electron chi connectivity index (χ3n) is 3.88. The molecule has 90 valence electrons. The molecule has 0 radical (unpaired) electrons. The maximum absolute atomic E-state index is 5.84. The molecule has 3 nitrogen and oxygen atoms in total. The van der Waals surface area contributed by atoms with Gasteiger partial charge in [-0.3, -0.25) is 0 Å². The lowest BCUT2D eigenvalue weighted by molar-refractivity contribution is 0.0669. The Hall–Kier alpha value is -0.120. The Morgan fingerprint density at radius 1 is 1.53 bits per heavy atom. The predicted octanol–water partition coefficient (Wildman–Crippen LogP) is 1.47. The zero-order chi connectivity index (χ0) is 11.5. The number of ether oxygens (including phenoxy) is 1. The second-order valence-electron chi connectivity index (χ2n) is 5.22. The summed E-state index contributed by atoms with van der Waals surface area (Å²) in [5.74, 6) is 0. The zero-order valence-electron chi connectivity index (χ0n) is 10.6. The van der Waals surface area contributed by atoms with E-state index in [1.807, 2.05) is 0 Å². The van der Waals surface area contributed by atoms with Gasteiger partial charge in [-0.25, -0.2) is 0 Å². The minimum Gasteiger partial charge on any atom is -0.377 e. The van der Waals surface area contributed by atoms with Crippen LogP contribution in [-0.4, -0.2) is 43.8 Å². The van der Waals surface area contributed by atoms with Gasteiger partial charge < -0.3 is 15.4 Å². The van der Waals surface area contributed by atoms with Gasteiger partial charge in [0.2, 0.25) is 0 Å². The molecule has 1 rings (SSSR count). The van der Waals surface area contributed by atoms with Crippen LogP contribution in [0.4, 0.5) is 0 Å². The van der Waals surface area contributed by atoms with Crippen LogP contribution in [0.3, 0.4) is 0 Å². The van der Waals surface area contributed by atoms with E-state index in [2.05, 4.69) is 32.7 Å². The van der Waals surface area contributed by atoms with Crippen LogP contribution in [-0.2, 0) is 4.74 Å². The summed E-state index contributed by atoms with van der Waals surface area (Å²) in [7, 11) is 2.19. The molecule has 15 heavy (non-hydrogen) atoms. The summed E-state index contributed by atoms with van der Waals surface area (Å²) in [5.41, 5.74) is 6.09. The molecular formula is C12H26N2O. The first-order valence-electron chi connectivity index (χ1n) is 6.04. The Kier molecular flexibility index (Phi) is 4.56. The minimum atomic E-state index is 0.247. The van der Waals surface area contributed by atoms with Crippen LogP contribution in [0.15, 0.2) is 0 Å². The van der Waals surface area contributed by atoms with Crippen LogP contribution in [0.25, 0.3) is 0 Å². The van der Waals surface area contributed by atoms with E-state index in [1.54, 1.807) is 0 Å². The van der Waals surface area contributed by atoms with Gasteiger partial charge in [0.15, 0.2) is 0 Å². The number of nitrogens with two attached hydrogens (primary N) is 1. The van der Waals surface area contributed by atoms with Gasteiger partial charge in [-0.15, -0.1) is 0 Å². The summed E-state index contributed by atoms with van der Waals surface area (Å²) in [6.45, 7) is 9.38. The first-order valence-corrected chi connectivity index (χ1v) is 6.04. The van der Waals surface area contributed by atoms with E-state index in [9.17, 15) is 0 Å². The normalized spacial score (nSPS) is 30.8. The molecular weight excluding hydrogens is 188 g/mol. The van der Waals surface area contributed by atoms with Gasteiger partial charge in [-0.05, 0) is 38.8 Å². The summed E-state index contributed by atoms with van der Waals surface area (Å²) in [5, 5.41) is 0. The molecule has 3 atom stereocenters. The topological polar surface area (TPSA) is 38.5 Å². The average molecular weight is 214 g/mol. The third kappa shape index (κ3) is 3.16. The highest BCUT2D eigenvalue weighted by atomic mass is 16.5. The Morgan fingerprint density at radius 3 is 2.60 bits per heavy atom. The molecule has 0 aromatic heterocycles. The van der Waals surface area contributed by atoms with E-state index in [1.165, 1.54) is 0 Å². The Bertz CT molecular complexity index is 192. The predicted molar refractivity (Wildman–Crippen MR) is 63.9 cm³/mol. The van der Waals surface area contributed by atoms with Gasteiger partial charge in [-0.1, -0.05) is 13.8 Å². The number of hydrogen-bond acceptors (Lipinski definition) is 3. The lowest BCUT2D eigenvalue weighted by atomic mass is 9.86. The number of rotatable bonds is 5. The molecule has 3 heteroatoms. The fraction of sp³-hybridized carbons (Fsp3) is 1.00. The zero-order valence-corrected chi connectivity index (χ0v) is 10.6. The number of hydrogen-bond donors (Lipinski definition) is 1. The van der Waals surface area contributed by atoms with Gasteiger partial charge in [0.05, 0.1) is 6.10 Å². The van der Waals surface area contributed by atoms with Crippen molar-refractivity contribution in [2.45, 2.75) is 45.8 Å². The van der Waals surface area contributed by atoms with Crippen molar-refractivity contribution in [3.8, 4) is 0 Å². The molecule has 0 aliphatic carbocycles. The van der Waals surface area contributed by atoms with E-state index < -0.39 is 0 Å². The standard InChI is InChI=1S/C12H26N2O/c1-5-12(3,8-13)9-14(4)11-6-7-15-10(11)2/h10-11H,5-9,13H2,1-4H3. The Balaban J connectivity index is 2.50. The molecule has 0 bridgehead atoms. The SMILES string of the molecule is CCC(C)(CN)CN(C)C1CCOC1C. The quantitative estimate of drug-likeness (QED) is 0.753. The van der Waals surface area contributed by atoms with Crippen molar-refractivity contribution in [1.82, 2.24) is 4.90 Å². The molecule has 1 saturated heterocycles. The van der Waals surface area contributed by atoms with Crippen molar-refractivity contribution < 1.29 is 4.74 Å². The van der Waals surface area contributed by atoms with E-state index in [0.717, 1.165) is 32.5 Å². The summed E-state index contributed by atoms with van der Waals surface area (Å²) >= 11 is 0. The molecule has 3 unspecified atom stereocenters. The second-order valence-corrected chi connectivity index (χ2v) is 5.22. The van der Waals surface area contributed by atoms with E-state index >= 15 is 0 Å². The minimum absolute atomic E-state index is 0.247. The molecule has 0 spiro atoms. The van der Waals surface area contributed by atoms with E-state index in [4.69, 9.17) is 10.5 Å². The first-order chi connectivity index (χ1) is 7.02. The molecule has 1 fully saturated rings. The Labute approximate surface area is 94.0 Å². The van der Waals surface area contributed by atoms with Crippen LogP contribution in [0.2, 0.25) is 0 Å². The Morgan fingerprint density at radius 2 is 2.20 bits per heavy atom. The molecule has 1 aliphatic rings. The van der Waals surface area contributed by atoms with Crippen molar-refractivity contribution in [3.05, 3.63) is 0 Å². The van der Waals surface area contributed by atoms with E-state index in [0.29, 0.717) is 12.1 Å². The average Bonchev–Trinajstić information content (AvgIpc) is 2.64. The lowest BCUT2D eigenvalue weighted by Gasteiger charge is -2.35. The van der Waals surface area contributed by atoms with Crippen LogP contribution in [0.5, 0.6) is 0 Å². The number of likely N-dealkylation sites (N-methyl/N-ethyl adjacent to an activating group) is 1. The lowest BCUT2D eigenvalue weighted by Crippen LogP contribution is -2.45. The first kappa shape index (κ1) is 12.9. The van der Waals surface area contributed by atoms with Crippen LogP contribution >= 0.6 is 0 Å². The van der Waals surface area contributed by atoms with Crippen molar-refractivity contribution in [1.29, 1.82) is 0 Å². The monoisotopic (exact) mass is 214 g/mol. The third-order valence-corrected chi connectivity index (χ3v) is 3.88. The molecule has 0 aromatic carbocycles. The molecule has 1 aliphatic heterocycles. The molecule has 0 aromatic rings. The van der Waals surface area contributed by atoms with Crippen LogP contribution in [0.1, 0.15) is 33.6 Å². The maximum Gasteiger partial charge on any atom is 0.0702 e. The van der Waals surface area contributed by atoms with Gasteiger partial charge in [0.25, 0.3) is 0 Å². The summed E-state index contributed by atoms with van der Waals surface area (Å²) in [4.78, 5) is 2.42. The second kappa shape index (κ2) is 5.28. The van der Waals surface area contributed by atoms with Crippen molar-refractivity contribution in [2.75, 3.05) is 26.7 Å². The highest BCUT2D eigenvalue weighted by Gasteiger charge is 2.31. The van der Waals surface area contributed by atoms with Gasteiger partial charge in [-0.2, -0.15) is 0 Å².